The van der Waals surface area contributed by atoms with E-state index in [1.807, 2.05) is 6.92 Å². The monoisotopic (exact) mass is 520 g/mol. The van der Waals surface area contributed by atoms with E-state index >= 15 is 0 Å². The zero-order chi connectivity index (χ0) is 26.6. The highest BCUT2D eigenvalue weighted by molar-refractivity contribution is 5.44. The van der Waals surface area contributed by atoms with Gasteiger partial charge in [0.1, 0.15) is 30.8 Å². The molecule has 38 heavy (non-hydrogen) atoms. The van der Waals surface area contributed by atoms with Crippen LogP contribution < -0.4 is 9.47 Å². The summed E-state index contributed by atoms with van der Waals surface area (Å²) in [6.45, 7) is 8.89. The zero-order valence-corrected chi connectivity index (χ0v) is 23.8. The summed E-state index contributed by atoms with van der Waals surface area (Å²) in [5.41, 5.74) is 3.16. The summed E-state index contributed by atoms with van der Waals surface area (Å²) >= 11 is 0. The second kappa shape index (κ2) is 12.0. The lowest BCUT2D eigenvalue weighted by molar-refractivity contribution is 0.0467. The third-order valence-corrected chi connectivity index (χ3v) is 10.1. The number of aliphatic hydroxyl groups is 1. The van der Waals surface area contributed by atoms with Gasteiger partial charge in [-0.2, -0.15) is 0 Å². The molecule has 2 aromatic rings. The summed E-state index contributed by atoms with van der Waals surface area (Å²) in [5.74, 6) is 3.40. The van der Waals surface area contributed by atoms with Crippen molar-refractivity contribution in [3.8, 4) is 11.5 Å². The molecule has 3 aliphatic rings. The van der Waals surface area contributed by atoms with Gasteiger partial charge in [-0.1, -0.05) is 64.3 Å². The first-order valence-corrected chi connectivity index (χ1v) is 15.2. The smallest absolute Gasteiger partial charge is 0.119 e. The molecule has 1 heterocycles. The predicted octanol–water partition coefficient (Wildman–Crippen LogP) is 7.70. The fourth-order valence-electron chi connectivity index (χ4n) is 7.18. The minimum atomic E-state index is -0.420. The topological polar surface area (TPSA) is 51.2 Å². The number of aliphatic hydroxyl groups excluding tert-OH is 1. The van der Waals surface area contributed by atoms with Gasteiger partial charge in [0.05, 0.1) is 12.7 Å². The molecule has 2 aromatic carbocycles. The molecule has 4 heteroatoms. The number of ether oxygens (including phenoxy) is 3. The summed E-state index contributed by atoms with van der Waals surface area (Å²) in [6, 6.07) is 17.6. The van der Waals surface area contributed by atoms with Crippen LogP contribution in [0, 0.1) is 17.3 Å². The maximum atomic E-state index is 9.90. The van der Waals surface area contributed by atoms with Gasteiger partial charge in [-0.25, -0.2) is 0 Å². The summed E-state index contributed by atoms with van der Waals surface area (Å²) in [6.07, 6.45) is 12.5. The van der Waals surface area contributed by atoms with Crippen molar-refractivity contribution in [3.63, 3.8) is 0 Å². The van der Waals surface area contributed by atoms with E-state index in [1.54, 1.807) is 0 Å². The molecule has 4 nitrogen and oxygen atoms in total. The highest BCUT2D eigenvalue weighted by atomic mass is 16.6. The van der Waals surface area contributed by atoms with Gasteiger partial charge in [0.2, 0.25) is 0 Å². The van der Waals surface area contributed by atoms with Crippen molar-refractivity contribution in [2.24, 2.45) is 17.3 Å². The SMILES string of the molecule is CCC(O)COc1ccc(C2(c3ccc(OCC4CO4)cc3)CCC(C(C)(C)C3CCCCC3)CC2)cc1. The highest BCUT2D eigenvalue weighted by Gasteiger charge is 2.45. The predicted molar refractivity (Wildman–Crippen MR) is 153 cm³/mol. The van der Waals surface area contributed by atoms with Gasteiger partial charge in [-0.15, -0.1) is 0 Å². The Labute approximate surface area is 230 Å². The molecule has 0 spiro atoms. The van der Waals surface area contributed by atoms with Crippen LogP contribution in [0.5, 0.6) is 11.5 Å². The van der Waals surface area contributed by atoms with Crippen molar-refractivity contribution in [2.45, 2.75) is 103 Å². The van der Waals surface area contributed by atoms with Gasteiger partial charge in [-0.05, 0) is 97.6 Å². The van der Waals surface area contributed by atoms with Crippen molar-refractivity contribution in [1.82, 2.24) is 0 Å². The number of hydrogen-bond acceptors (Lipinski definition) is 4. The van der Waals surface area contributed by atoms with E-state index in [0.29, 0.717) is 25.0 Å². The molecule has 2 saturated carbocycles. The van der Waals surface area contributed by atoms with Crippen molar-refractivity contribution in [1.29, 1.82) is 0 Å². The largest absolute Gasteiger partial charge is 0.491 e. The molecule has 2 unspecified atom stereocenters. The lowest BCUT2D eigenvalue weighted by Crippen LogP contribution is -2.40. The van der Waals surface area contributed by atoms with Crippen LogP contribution in [0.2, 0.25) is 0 Å². The van der Waals surface area contributed by atoms with Crippen molar-refractivity contribution in [3.05, 3.63) is 59.7 Å². The number of rotatable bonds is 11. The van der Waals surface area contributed by atoms with Gasteiger partial charge < -0.3 is 19.3 Å². The van der Waals surface area contributed by atoms with Crippen LogP contribution in [0.1, 0.15) is 96.1 Å². The molecular formula is C34H48O4. The molecular weight excluding hydrogens is 472 g/mol. The van der Waals surface area contributed by atoms with E-state index in [2.05, 4.69) is 62.4 Å². The first-order chi connectivity index (χ1) is 18.4. The standard InChI is InChI=1S/C34H48O4/c1-4-29(35)22-36-30-14-10-27(11-15-30)34(28-12-16-31(17-13-28)37-23-32-24-38-32)20-18-26(19-21-34)33(2,3)25-8-6-5-7-9-25/h10-17,25-26,29,32,35H,4-9,18-24H2,1-3H3. The molecule has 0 bridgehead atoms. The zero-order valence-electron chi connectivity index (χ0n) is 23.8. The van der Waals surface area contributed by atoms with Crippen LogP contribution in [-0.4, -0.2) is 37.1 Å². The quantitative estimate of drug-likeness (QED) is 0.309. The van der Waals surface area contributed by atoms with Gasteiger partial charge in [-0.3, -0.25) is 0 Å². The Morgan fingerprint density at radius 2 is 1.37 bits per heavy atom. The Morgan fingerprint density at radius 3 is 1.89 bits per heavy atom. The summed E-state index contributed by atoms with van der Waals surface area (Å²) in [4.78, 5) is 0. The van der Waals surface area contributed by atoms with E-state index in [-0.39, 0.29) is 11.5 Å². The number of hydrogen-bond donors (Lipinski definition) is 1. The van der Waals surface area contributed by atoms with Gasteiger partial charge >= 0.3 is 0 Å². The van der Waals surface area contributed by atoms with Crippen LogP contribution in [-0.2, 0) is 10.2 Å². The number of benzene rings is 2. The summed E-state index contributed by atoms with van der Waals surface area (Å²) in [7, 11) is 0. The Morgan fingerprint density at radius 1 is 0.842 bits per heavy atom. The van der Waals surface area contributed by atoms with Crippen molar-refractivity contribution >= 4 is 0 Å². The van der Waals surface area contributed by atoms with Crippen LogP contribution >= 0.6 is 0 Å². The van der Waals surface area contributed by atoms with Crippen LogP contribution in [0.25, 0.3) is 0 Å². The second-order valence-electron chi connectivity index (χ2n) is 12.7. The van der Waals surface area contributed by atoms with Gasteiger partial charge in [0.25, 0.3) is 0 Å². The molecule has 208 valence electrons. The Hall–Kier alpha value is -2.04. The lowest BCUT2D eigenvalue weighted by Gasteiger charge is -2.49. The Kier molecular flexibility index (Phi) is 8.69. The first kappa shape index (κ1) is 27.5. The Bertz CT molecular complexity index is 994. The van der Waals surface area contributed by atoms with E-state index in [0.717, 1.165) is 29.9 Å². The highest BCUT2D eigenvalue weighted by Crippen LogP contribution is 2.54. The van der Waals surface area contributed by atoms with Crippen LogP contribution in [0.3, 0.4) is 0 Å². The third-order valence-electron chi connectivity index (χ3n) is 10.1. The minimum Gasteiger partial charge on any atom is -0.491 e. The molecule has 1 N–H and O–H groups in total. The minimum absolute atomic E-state index is 0.00125. The van der Waals surface area contributed by atoms with E-state index in [4.69, 9.17) is 14.2 Å². The Balaban J connectivity index is 1.35. The summed E-state index contributed by atoms with van der Waals surface area (Å²) < 4.78 is 17.1. The molecule has 2 atom stereocenters. The number of epoxide rings is 1. The molecule has 1 aliphatic heterocycles. The molecule has 3 fully saturated rings. The normalized spacial score (nSPS) is 27.1. The molecule has 2 aliphatic carbocycles. The summed E-state index contributed by atoms with van der Waals surface area (Å²) in [5, 5.41) is 9.90. The fourth-order valence-corrected chi connectivity index (χ4v) is 7.18. The maximum absolute atomic E-state index is 9.90. The van der Waals surface area contributed by atoms with Gasteiger partial charge in [0, 0.05) is 5.41 Å². The average molecular weight is 521 g/mol. The van der Waals surface area contributed by atoms with E-state index in [9.17, 15) is 5.11 Å². The second-order valence-corrected chi connectivity index (χ2v) is 12.7. The molecule has 0 amide bonds. The lowest BCUT2D eigenvalue weighted by atomic mass is 9.55. The third kappa shape index (κ3) is 6.23. The molecule has 1 saturated heterocycles. The van der Waals surface area contributed by atoms with E-state index in [1.165, 1.54) is 68.9 Å². The van der Waals surface area contributed by atoms with Crippen LogP contribution in [0.4, 0.5) is 0 Å². The maximum Gasteiger partial charge on any atom is 0.119 e. The fraction of sp³-hybridized carbons (Fsp3) is 0.647. The van der Waals surface area contributed by atoms with Crippen molar-refractivity contribution in [2.75, 3.05) is 19.8 Å². The van der Waals surface area contributed by atoms with Gasteiger partial charge in [0.15, 0.2) is 0 Å². The average Bonchev–Trinajstić information content (AvgIpc) is 3.80. The molecule has 0 aromatic heterocycles. The first-order valence-electron chi connectivity index (χ1n) is 15.2. The molecule has 0 radical (unpaired) electrons. The van der Waals surface area contributed by atoms with Crippen LogP contribution in [0.15, 0.2) is 48.5 Å². The molecule has 5 rings (SSSR count). The van der Waals surface area contributed by atoms with Crippen molar-refractivity contribution < 1.29 is 19.3 Å². The van der Waals surface area contributed by atoms with E-state index < -0.39 is 6.10 Å².